The van der Waals surface area contributed by atoms with E-state index in [1.165, 1.54) is 33.4 Å². The monoisotopic (exact) mass is 520 g/mol. The van der Waals surface area contributed by atoms with Crippen molar-refractivity contribution in [2.24, 2.45) is 16.9 Å². The summed E-state index contributed by atoms with van der Waals surface area (Å²) in [6, 6.07) is 12.8. The van der Waals surface area contributed by atoms with Crippen molar-refractivity contribution in [3.05, 3.63) is 64.2 Å². The highest BCUT2D eigenvalue weighted by Crippen LogP contribution is 2.35. The van der Waals surface area contributed by atoms with Gasteiger partial charge in [0.05, 0.1) is 18.6 Å². The molecular formula is C33H48N2O3. The number of fused-ring (bicyclic) bond motifs is 1. The number of esters is 1. The molecule has 0 saturated carbocycles. The highest BCUT2D eigenvalue weighted by Gasteiger charge is 2.38. The molecule has 0 radical (unpaired) electrons. The number of aryl methyl sites for hydroxylation is 1. The second-order valence-corrected chi connectivity index (χ2v) is 12.4. The van der Waals surface area contributed by atoms with E-state index >= 15 is 0 Å². The average molecular weight is 521 g/mol. The van der Waals surface area contributed by atoms with Gasteiger partial charge in [-0.25, -0.2) is 0 Å². The smallest absolute Gasteiger partial charge is 0.313 e. The summed E-state index contributed by atoms with van der Waals surface area (Å²) in [5.74, 6) is 1.16. The minimum atomic E-state index is -0.800. The van der Waals surface area contributed by atoms with Gasteiger partial charge < -0.3 is 20.9 Å². The summed E-state index contributed by atoms with van der Waals surface area (Å²) in [4.78, 5) is 12.7. The van der Waals surface area contributed by atoms with Crippen LogP contribution in [-0.2, 0) is 16.0 Å². The summed E-state index contributed by atoms with van der Waals surface area (Å²) in [7, 11) is 0. The molecule has 0 saturated heterocycles. The van der Waals surface area contributed by atoms with Gasteiger partial charge in [-0.1, -0.05) is 50.3 Å². The summed E-state index contributed by atoms with van der Waals surface area (Å²) >= 11 is 0. The molecule has 3 rings (SSSR count). The number of carbonyl (C=O) groups excluding carboxylic acids is 1. The van der Waals surface area contributed by atoms with E-state index in [1.807, 2.05) is 33.8 Å². The summed E-state index contributed by atoms with van der Waals surface area (Å²) < 4.78 is 11.7. The van der Waals surface area contributed by atoms with E-state index in [-0.39, 0.29) is 12.0 Å². The molecule has 1 atom stereocenters. The van der Waals surface area contributed by atoms with Gasteiger partial charge in [-0.15, -0.1) is 0 Å². The van der Waals surface area contributed by atoms with Crippen molar-refractivity contribution in [3.8, 4) is 5.75 Å². The fourth-order valence-corrected chi connectivity index (χ4v) is 5.02. The van der Waals surface area contributed by atoms with Crippen molar-refractivity contribution < 1.29 is 14.3 Å². The molecular weight excluding hydrogens is 472 g/mol. The van der Waals surface area contributed by atoms with E-state index in [9.17, 15) is 4.79 Å². The summed E-state index contributed by atoms with van der Waals surface area (Å²) in [5, 5.41) is 0. The summed E-state index contributed by atoms with van der Waals surface area (Å²) in [6.07, 6.45) is 6.60. The Bertz CT molecular complexity index is 1140. The molecule has 4 N–H and O–H groups in total. The average Bonchev–Trinajstić information content (AvgIpc) is 3.05. The van der Waals surface area contributed by atoms with Crippen LogP contribution in [0, 0.1) is 12.3 Å². The Hall–Kier alpha value is -2.63. The van der Waals surface area contributed by atoms with Gasteiger partial charge in [-0.3, -0.25) is 4.79 Å². The SMILES string of the molecule is Cc1cc(C(C)C)ccc1C1=Cc2cccc(OCCCOC(=O)C(C)(C)C(N)CC(C)(C)N)c2CCC1. The number of benzene rings is 2. The number of carbonyl (C=O) groups is 1. The van der Waals surface area contributed by atoms with Crippen molar-refractivity contribution in [2.75, 3.05) is 13.2 Å². The third-order valence-electron chi connectivity index (χ3n) is 7.61. The van der Waals surface area contributed by atoms with Gasteiger partial charge in [0.1, 0.15) is 5.75 Å². The van der Waals surface area contributed by atoms with Crippen molar-refractivity contribution in [2.45, 2.75) is 98.1 Å². The van der Waals surface area contributed by atoms with Crippen LogP contribution in [0.1, 0.15) is 101 Å². The van der Waals surface area contributed by atoms with Crippen LogP contribution in [0.25, 0.3) is 11.6 Å². The normalized spacial score (nSPS) is 14.9. The van der Waals surface area contributed by atoms with E-state index in [2.05, 4.69) is 57.2 Å². The van der Waals surface area contributed by atoms with Gasteiger partial charge in [-0.05, 0) is 100 Å². The van der Waals surface area contributed by atoms with E-state index < -0.39 is 11.0 Å². The topological polar surface area (TPSA) is 87.6 Å². The zero-order valence-corrected chi connectivity index (χ0v) is 24.5. The van der Waals surface area contributed by atoms with Gasteiger partial charge >= 0.3 is 5.97 Å². The third kappa shape index (κ3) is 7.70. The van der Waals surface area contributed by atoms with Crippen LogP contribution in [-0.4, -0.2) is 30.8 Å². The van der Waals surface area contributed by atoms with Crippen molar-refractivity contribution in [1.29, 1.82) is 0 Å². The first kappa shape index (κ1) is 29.9. The molecule has 2 aromatic carbocycles. The van der Waals surface area contributed by atoms with Crippen LogP contribution in [0.2, 0.25) is 0 Å². The van der Waals surface area contributed by atoms with Crippen LogP contribution in [0.5, 0.6) is 5.75 Å². The maximum absolute atomic E-state index is 12.7. The molecule has 0 heterocycles. The first-order valence-electron chi connectivity index (χ1n) is 14.1. The van der Waals surface area contributed by atoms with Crippen molar-refractivity contribution in [1.82, 2.24) is 0 Å². The molecule has 5 nitrogen and oxygen atoms in total. The van der Waals surface area contributed by atoms with Gasteiger partial charge in [0.2, 0.25) is 0 Å². The second kappa shape index (κ2) is 12.5. The largest absolute Gasteiger partial charge is 0.493 e. The van der Waals surface area contributed by atoms with Crippen LogP contribution < -0.4 is 16.2 Å². The Morgan fingerprint density at radius 3 is 2.45 bits per heavy atom. The Kier molecular flexibility index (Phi) is 9.83. The predicted molar refractivity (Wildman–Crippen MR) is 158 cm³/mol. The summed E-state index contributed by atoms with van der Waals surface area (Å²) in [5.41, 5.74) is 19.1. The molecule has 1 aliphatic rings. The lowest BCUT2D eigenvalue weighted by molar-refractivity contribution is -0.155. The second-order valence-electron chi connectivity index (χ2n) is 12.4. The molecule has 208 valence electrons. The zero-order chi connectivity index (χ0) is 28.1. The van der Waals surface area contributed by atoms with Gasteiger partial charge in [-0.2, -0.15) is 0 Å². The van der Waals surface area contributed by atoms with E-state index in [0.717, 1.165) is 25.0 Å². The molecule has 0 bridgehead atoms. The molecule has 1 aliphatic carbocycles. The Morgan fingerprint density at radius 1 is 1.05 bits per heavy atom. The summed E-state index contributed by atoms with van der Waals surface area (Å²) in [6.45, 7) is 14.9. The van der Waals surface area contributed by atoms with Gasteiger partial charge in [0.15, 0.2) is 0 Å². The number of hydrogen-bond acceptors (Lipinski definition) is 5. The zero-order valence-electron chi connectivity index (χ0n) is 24.5. The molecule has 0 aromatic heterocycles. The maximum atomic E-state index is 12.7. The van der Waals surface area contributed by atoms with Crippen LogP contribution in [0.3, 0.4) is 0 Å². The van der Waals surface area contributed by atoms with Crippen molar-refractivity contribution in [3.63, 3.8) is 0 Å². The molecule has 1 unspecified atom stereocenters. The van der Waals surface area contributed by atoms with Crippen LogP contribution >= 0.6 is 0 Å². The highest BCUT2D eigenvalue weighted by atomic mass is 16.5. The first-order valence-corrected chi connectivity index (χ1v) is 14.1. The molecule has 0 spiro atoms. The number of nitrogens with two attached hydrogens (primary N) is 2. The number of rotatable bonds is 11. The van der Waals surface area contributed by atoms with E-state index in [4.69, 9.17) is 20.9 Å². The lowest BCUT2D eigenvalue weighted by atomic mass is 9.79. The lowest BCUT2D eigenvalue weighted by Gasteiger charge is -2.33. The van der Waals surface area contributed by atoms with Crippen LogP contribution in [0.15, 0.2) is 36.4 Å². The minimum Gasteiger partial charge on any atom is -0.493 e. The van der Waals surface area contributed by atoms with E-state index in [1.54, 1.807) is 0 Å². The standard InChI is InChI=1S/C33H48N2O3/c1-22(2)24-15-16-27(23(3)19-24)25-11-8-13-28-26(20-25)12-9-14-29(28)37-17-10-18-38-31(36)33(6,7)30(34)21-32(4,5)35/h9,12,14-16,19-20,22,30H,8,10-11,13,17-18,21,34-35H2,1-7H3. The number of hydrogen-bond donors (Lipinski definition) is 2. The van der Waals surface area contributed by atoms with Crippen LogP contribution in [0.4, 0.5) is 0 Å². The number of allylic oxidation sites excluding steroid dienone is 1. The van der Waals surface area contributed by atoms with Gasteiger partial charge in [0.25, 0.3) is 0 Å². The Balaban J connectivity index is 1.60. The number of ether oxygens (including phenoxy) is 2. The fraction of sp³-hybridized carbons (Fsp3) is 0.545. The lowest BCUT2D eigenvalue weighted by Crippen LogP contribution is -2.50. The molecule has 0 fully saturated rings. The molecule has 38 heavy (non-hydrogen) atoms. The Morgan fingerprint density at radius 2 is 1.79 bits per heavy atom. The molecule has 2 aromatic rings. The Labute approximate surface area is 230 Å². The third-order valence-corrected chi connectivity index (χ3v) is 7.61. The first-order chi connectivity index (χ1) is 17.8. The van der Waals surface area contributed by atoms with E-state index in [0.29, 0.717) is 32.0 Å². The predicted octanol–water partition coefficient (Wildman–Crippen LogP) is 6.79. The fourth-order valence-electron chi connectivity index (χ4n) is 5.02. The molecule has 0 amide bonds. The molecule has 0 aliphatic heterocycles. The highest BCUT2D eigenvalue weighted by molar-refractivity contribution is 5.85. The quantitative estimate of drug-likeness (QED) is 0.252. The van der Waals surface area contributed by atoms with Crippen molar-refractivity contribution >= 4 is 17.6 Å². The van der Waals surface area contributed by atoms with Gasteiger partial charge in [0, 0.05) is 23.6 Å². The maximum Gasteiger partial charge on any atom is 0.313 e. The molecule has 5 heteroatoms. The minimum absolute atomic E-state index is 0.294.